The average Bonchev–Trinajstić information content (AvgIpc) is 3.52. The van der Waals surface area contributed by atoms with Gasteiger partial charge in [-0.2, -0.15) is 0 Å². The molecule has 0 spiro atoms. The van der Waals surface area contributed by atoms with Crippen LogP contribution >= 0.6 is 0 Å². The fourth-order valence-electron chi connectivity index (χ4n) is 6.89. The van der Waals surface area contributed by atoms with Gasteiger partial charge in [-0.05, 0) is 89.5 Å². The Balaban J connectivity index is 1.42. The van der Waals surface area contributed by atoms with E-state index in [1.54, 1.807) is 6.07 Å². The molecule has 0 aliphatic rings. The van der Waals surface area contributed by atoms with Gasteiger partial charge in [-0.1, -0.05) is 75.4 Å². The van der Waals surface area contributed by atoms with Crippen molar-refractivity contribution in [2.45, 2.75) is 40.0 Å². The monoisotopic (exact) mass is 571 g/mol. The molecule has 0 saturated carbocycles. The molecule has 4 aromatic heterocycles. The highest BCUT2D eigenvalue weighted by atomic mass is 16.3. The lowest BCUT2D eigenvalue weighted by molar-refractivity contribution is 0.476. The van der Waals surface area contributed by atoms with Gasteiger partial charge in [-0.25, -0.2) is 9.97 Å². The first-order chi connectivity index (χ1) is 21.2. The first-order valence-electron chi connectivity index (χ1n) is 15.1. The molecule has 0 bridgehead atoms. The fraction of sp³-hybridized carbons (Fsp3) is 0.150. The molecule has 0 saturated heterocycles. The maximum atomic E-state index is 11.1. The second-order valence-electron chi connectivity index (χ2n) is 13.0. The predicted molar refractivity (Wildman–Crippen MR) is 183 cm³/mol. The van der Waals surface area contributed by atoms with E-state index in [-0.39, 0.29) is 11.2 Å². The number of hydrogen-bond acceptors (Lipinski definition) is 3. The molecule has 4 aromatic carbocycles. The zero-order valence-corrected chi connectivity index (χ0v) is 25.6. The Morgan fingerprint density at radius 1 is 0.659 bits per heavy atom. The molecule has 214 valence electrons. The topological polar surface area (TPSA) is 50.4 Å². The number of para-hydroxylation sites is 1. The maximum absolute atomic E-state index is 11.1. The first-order valence-corrected chi connectivity index (χ1v) is 15.1. The van der Waals surface area contributed by atoms with Gasteiger partial charge in [0.25, 0.3) is 0 Å². The smallest absolute Gasteiger partial charge is 0.145 e. The maximum Gasteiger partial charge on any atom is 0.145 e. The summed E-state index contributed by atoms with van der Waals surface area (Å²) in [6, 6.07) is 33.9. The minimum Gasteiger partial charge on any atom is -0.507 e. The number of phenolic OH excluding ortho intramolecular Hbond substituents is 1. The van der Waals surface area contributed by atoms with E-state index in [0.29, 0.717) is 0 Å². The Morgan fingerprint density at radius 3 is 2.14 bits per heavy atom. The van der Waals surface area contributed by atoms with Crippen LogP contribution in [0.4, 0.5) is 0 Å². The Kier molecular flexibility index (Phi) is 5.64. The first kappa shape index (κ1) is 26.4. The molecule has 4 nitrogen and oxygen atoms in total. The lowest BCUT2D eigenvalue weighted by Gasteiger charge is -2.21. The summed E-state index contributed by atoms with van der Waals surface area (Å²) >= 11 is 0. The summed E-state index contributed by atoms with van der Waals surface area (Å²) < 4.78 is 2.30. The average molecular weight is 572 g/mol. The number of benzene rings is 4. The van der Waals surface area contributed by atoms with Crippen LogP contribution in [0, 0.1) is 13.8 Å². The van der Waals surface area contributed by atoms with E-state index in [1.165, 1.54) is 38.4 Å². The summed E-state index contributed by atoms with van der Waals surface area (Å²) in [5, 5.41) is 15.9. The molecule has 8 rings (SSSR count). The van der Waals surface area contributed by atoms with Crippen molar-refractivity contribution in [3.63, 3.8) is 0 Å². The van der Waals surface area contributed by atoms with Crippen LogP contribution in [-0.4, -0.2) is 19.5 Å². The highest BCUT2D eigenvalue weighted by Crippen LogP contribution is 2.41. The standard InChI is InChI=1S/C40H33N3O/c1-23-9-6-10-24(2)37(23)26-19-33(42-34(20-26)32-22-27(40(3,4)5)15-17-36(32)44)25-14-16-28-29-11-7-12-30-31-13-8-18-41-39(31)43(38(29)30)35(28)21-25/h6-22,44H,1-5H3. The zero-order chi connectivity index (χ0) is 30.3. The van der Waals surface area contributed by atoms with Gasteiger partial charge < -0.3 is 5.11 Å². The summed E-state index contributed by atoms with van der Waals surface area (Å²) in [5.74, 6) is 0.229. The molecular formula is C40H33N3O. The fourth-order valence-corrected chi connectivity index (χ4v) is 6.89. The third-order valence-corrected chi connectivity index (χ3v) is 9.11. The van der Waals surface area contributed by atoms with Crippen LogP contribution in [0.5, 0.6) is 5.75 Å². The van der Waals surface area contributed by atoms with Crippen LogP contribution in [0.3, 0.4) is 0 Å². The van der Waals surface area contributed by atoms with Gasteiger partial charge in [0, 0.05) is 38.9 Å². The molecule has 8 aromatic rings. The molecule has 0 unspecified atom stereocenters. The lowest BCUT2D eigenvalue weighted by Crippen LogP contribution is -2.10. The molecule has 1 N–H and O–H groups in total. The Hall–Kier alpha value is -5.22. The van der Waals surface area contributed by atoms with Crippen molar-refractivity contribution in [1.82, 2.24) is 14.4 Å². The molecule has 44 heavy (non-hydrogen) atoms. The van der Waals surface area contributed by atoms with E-state index in [4.69, 9.17) is 9.97 Å². The van der Waals surface area contributed by atoms with E-state index < -0.39 is 0 Å². The number of nitrogens with zero attached hydrogens (tertiary/aromatic N) is 3. The summed E-state index contributed by atoms with van der Waals surface area (Å²) in [4.78, 5) is 10.0. The lowest BCUT2D eigenvalue weighted by atomic mass is 9.85. The normalized spacial score (nSPS) is 12.3. The van der Waals surface area contributed by atoms with Gasteiger partial charge in [0.1, 0.15) is 11.4 Å². The molecule has 0 amide bonds. The van der Waals surface area contributed by atoms with E-state index in [2.05, 4.69) is 118 Å². The molecule has 0 radical (unpaired) electrons. The number of pyridine rings is 2. The molecule has 4 heteroatoms. The predicted octanol–water partition coefficient (Wildman–Crippen LogP) is 10.2. The Bertz CT molecular complexity index is 2390. The number of aromatic hydroxyl groups is 1. The summed E-state index contributed by atoms with van der Waals surface area (Å²) in [5.41, 5.74) is 12.4. The molecule has 0 aliphatic carbocycles. The second-order valence-corrected chi connectivity index (χ2v) is 13.0. The second kappa shape index (κ2) is 9.39. The number of fused-ring (bicyclic) bond motifs is 6. The van der Waals surface area contributed by atoms with Gasteiger partial charge >= 0.3 is 0 Å². The quantitative estimate of drug-likeness (QED) is 0.229. The van der Waals surface area contributed by atoms with E-state index in [9.17, 15) is 5.11 Å². The SMILES string of the molecule is Cc1cccc(C)c1-c1cc(-c2ccc3c4cccc5c6cccnc6n(c3c2)c45)nc(-c2cc(C(C)(C)C)ccc2O)c1. The highest BCUT2D eigenvalue weighted by Gasteiger charge is 2.21. The van der Waals surface area contributed by atoms with Crippen LogP contribution in [0.1, 0.15) is 37.5 Å². The van der Waals surface area contributed by atoms with Crippen molar-refractivity contribution < 1.29 is 5.11 Å². The van der Waals surface area contributed by atoms with Crippen molar-refractivity contribution in [2.75, 3.05) is 0 Å². The van der Waals surface area contributed by atoms with Gasteiger partial charge in [-0.3, -0.25) is 4.40 Å². The van der Waals surface area contributed by atoms with Crippen molar-refractivity contribution in [1.29, 1.82) is 0 Å². The van der Waals surface area contributed by atoms with Crippen LogP contribution in [-0.2, 0) is 5.41 Å². The minimum absolute atomic E-state index is 0.0661. The van der Waals surface area contributed by atoms with E-state index in [1.807, 2.05) is 18.3 Å². The third kappa shape index (κ3) is 3.91. The van der Waals surface area contributed by atoms with Crippen molar-refractivity contribution >= 4 is 38.2 Å². The largest absolute Gasteiger partial charge is 0.507 e. The summed E-state index contributed by atoms with van der Waals surface area (Å²) in [6.07, 6.45) is 1.87. The van der Waals surface area contributed by atoms with Gasteiger partial charge in [0.05, 0.1) is 22.4 Å². The van der Waals surface area contributed by atoms with Crippen molar-refractivity contribution in [2.24, 2.45) is 0 Å². The number of rotatable bonds is 3. The number of hydrogen-bond donors (Lipinski definition) is 1. The molecule has 0 aliphatic heterocycles. The van der Waals surface area contributed by atoms with Crippen LogP contribution in [0.25, 0.3) is 71.9 Å². The van der Waals surface area contributed by atoms with Crippen LogP contribution < -0.4 is 0 Å². The molecule has 0 atom stereocenters. The zero-order valence-electron chi connectivity index (χ0n) is 25.6. The van der Waals surface area contributed by atoms with E-state index in [0.717, 1.165) is 50.2 Å². The van der Waals surface area contributed by atoms with Crippen LogP contribution in [0.15, 0.2) is 103 Å². The van der Waals surface area contributed by atoms with E-state index >= 15 is 0 Å². The highest BCUT2D eigenvalue weighted by molar-refractivity contribution is 6.22. The van der Waals surface area contributed by atoms with Crippen LogP contribution in [0.2, 0.25) is 0 Å². The molecule has 4 heterocycles. The minimum atomic E-state index is -0.0661. The number of phenols is 1. The Labute approximate surface area is 256 Å². The Morgan fingerprint density at radius 2 is 1.36 bits per heavy atom. The number of aromatic nitrogens is 3. The number of aryl methyl sites for hydroxylation is 2. The van der Waals surface area contributed by atoms with Gasteiger partial charge in [0.15, 0.2) is 0 Å². The summed E-state index contributed by atoms with van der Waals surface area (Å²) in [7, 11) is 0. The molecule has 0 fully saturated rings. The third-order valence-electron chi connectivity index (χ3n) is 9.11. The van der Waals surface area contributed by atoms with Crippen molar-refractivity contribution in [3.8, 4) is 39.4 Å². The van der Waals surface area contributed by atoms with Gasteiger partial charge in [-0.15, -0.1) is 0 Å². The van der Waals surface area contributed by atoms with Crippen molar-refractivity contribution in [3.05, 3.63) is 120 Å². The molecular weight excluding hydrogens is 538 g/mol. The summed E-state index contributed by atoms with van der Waals surface area (Å²) in [6.45, 7) is 10.9. The van der Waals surface area contributed by atoms with Gasteiger partial charge in [0.2, 0.25) is 0 Å².